The molecule has 0 aliphatic carbocycles. The van der Waals surface area contributed by atoms with Crippen LogP contribution in [-0.4, -0.2) is 128 Å². The molecule has 2 aliphatic heterocycles. The Morgan fingerprint density at radius 2 is 1.93 bits per heavy atom. The predicted molar refractivity (Wildman–Crippen MR) is 136 cm³/mol. The second-order valence-corrected chi connectivity index (χ2v) is 13.5. The van der Waals surface area contributed by atoms with Crippen LogP contribution >= 0.6 is 14.5 Å². The Balaban J connectivity index is 1.44. The fourth-order valence-corrected chi connectivity index (χ4v) is 7.33. The van der Waals surface area contributed by atoms with Crippen molar-refractivity contribution in [2.75, 3.05) is 18.9 Å². The Morgan fingerprint density at radius 3 is 2.57 bits per heavy atom. The zero-order valence-electron chi connectivity index (χ0n) is 20.9. The van der Waals surface area contributed by atoms with Gasteiger partial charge in [0, 0.05) is 0 Å². The SMILES string of the molecule is C#C[C@@]1(F)[C@H](O)[C@@H](COP(O)(=S)OP(=O)(O)OC2OC([C@@H](O)CO)C(O)C(O)C2O)O[C@H]1c1cnc2c(N)ncnn12. The van der Waals surface area contributed by atoms with Gasteiger partial charge >= 0.3 is 14.5 Å². The number of fused-ring (bicyclic) bond motifs is 1. The van der Waals surface area contributed by atoms with Crippen molar-refractivity contribution in [2.24, 2.45) is 0 Å². The van der Waals surface area contributed by atoms with Crippen molar-refractivity contribution in [1.29, 1.82) is 0 Å². The van der Waals surface area contributed by atoms with Crippen LogP contribution in [0.15, 0.2) is 12.5 Å². The van der Waals surface area contributed by atoms with Crippen LogP contribution in [0.1, 0.15) is 11.8 Å². The number of terminal acetylenes is 1. The van der Waals surface area contributed by atoms with Gasteiger partial charge in [-0.05, 0) is 11.8 Å². The van der Waals surface area contributed by atoms with Crippen molar-refractivity contribution < 1.29 is 72.2 Å². The van der Waals surface area contributed by atoms with Crippen molar-refractivity contribution in [2.45, 2.75) is 60.8 Å². The molecular weight excluding hydrogens is 635 g/mol. The van der Waals surface area contributed by atoms with Crippen molar-refractivity contribution in [3.8, 4) is 12.3 Å². The number of phosphoric acid groups is 1. The van der Waals surface area contributed by atoms with E-state index in [1.54, 1.807) is 0 Å². The molecule has 23 heteroatoms. The summed E-state index contributed by atoms with van der Waals surface area (Å²) < 4.78 is 54.0. The first-order chi connectivity index (χ1) is 19.5. The molecule has 0 bridgehead atoms. The molecular formula is C19H26FN5O14P2S. The van der Waals surface area contributed by atoms with Crippen LogP contribution in [0.25, 0.3) is 5.65 Å². The quantitative estimate of drug-likeness (QED) is 0.0877. The highest BCUT2D eigenvalue weighted by Crippen LogP contribution is 2.62. The number of rotatable bonds is 10. The topological polar surface area (TPSA) is 294 Å². The first-order valence-electron chi connectivity index (χ1n) is 11.7. The van der Waals surface area contributed by atoms with Gasteiger partial charge in [-0.1, -0.05) is 5.92 Å². The summed E-state index contributed by atoms with van der Waals surface area (Å²) in [6.07, 6.45) is -9.93. The average molecular weight is 661 g/mol. The van der Waals surface area contributed by atoms with Crippen LogP contribution in [0.3, 0.4) is 0 Å². The van der Waals surface area contributed by atoms with E-state index in [1.807, 2.05) is 5.92 Å². The molecule has 2 fully saturated rings. The molecule has 4 rings (SSSR count). The predicted octanol–water partition coefficient (Wildman–Crippen LogP) is -3.62. The van der Waals surface area contributed by atoms with Crippen LogP contribution in [0.5, 0.6) is 0 Å². The number of aromatic nitrogens is 4. The molecule has 0 radical (unpaired) electrons. The number of hydrogen-bond donors (Lipinski definition) is 9. The maximum absolute atomic E-state index is 15.8. The highest BCUT2D eigenvalue weighted by molar-refractivity contribution is 8.08. The second-order valence-electron chi connectivity index (χ2n) is 9.09. The number of aliphatic hydroxyl groups excluding tert-OH is 6. The normalized spacial score (nSPS) is 37.1. The van der Waals surface area contributed by atoms with Crippen LogP contribution in [0, 0.1) is 12.3 Å². The van der Waals surface area contributed by atoms with E-state index in [0.29, 0.717) is 0 Å². The fraction of sp³-hybridized carbons (Fsp3) is 0.632. The molecule has 2 aromatic heterocycles. The molecule has 4 heterocycles. The third-order valence-corrected chi connectivity index (χ3v) is 9.86. The molecule has 2 saturated heterocycles. The molecule has 234 valence electrons. The van der Waals surface area contributed by atoms with E-state index in [-0.39, 0.29) is 17.2 Å². The van der Waals surface area contributed by atoms with Crippen LogP contribution in [0.2, 0.25) is 0 Å². The number of halogens is 1. The number of hydrogen-bond acceptors (Lipinski definition) is 17. The number of nitrogens with zero attached hydrogens (tertiary/aromatic N) is 4. The summed E-state index contributed by atoms with van der Waals surface area (Å²) in [4.78, 5) is 28.2. The lowest BCUT2D eigenvalue weighted by Gasteiger charge is -2.41. The van der Waals surface area contributed by atoms with Gasteiger partial charge in [0.15, 0.2) is 17.8 Å². The highest BCUT2D eigenvalue weighted by atomic mass is 32.5. The summed E-state index contributed by atoms with van der Waals surface area (Å²) >= 11 is 4.69. The Bertz CT molecular complexity index is 1430. The van der Waals surface area contributed by atoms with E-state index in [1.165, 1.54) is 0 Å². The summed E-state index contributed by atoms with van der Waals surface area (Å²) in [6.45, 7) is -6.69. The Kier molecular flexibility index (Phi) is 9.69. The minimum atomic E-state index is -5.52. The summed E-state index contributed by atoms with van der Waals surface area (Å²) in [5.41, 5.74) is 2.79. The number of nitrogens with two attached hydrogens (primary N) is 1. The van der Waals surface area contributed by atoms with E-state index in [0.717, 1.165) is 17.0 Å². The number of anilines is 1. The molecule has 0 spiro atoms. The molecule has 2 aliphatic rings. The largest absolute Gasteiger partial charge is 0.481 e. The van der Waals surface area contributed by atoms with Gasteiger partial charge < -0.3 is 60.2 Å². The third-order valence-electron chi connectivity index (χ3n) is 6.34. The van der Waals surface area contributed by atoms with Gasteiger partial charge in [-0.15, -0.1) is 6.42 Å². The van der Waals surface area contributed by atoms with Gasteiger partial charge in [-0.3, -0.25) is 4.52 Å². The Hall–Kier alpha value is -1.80. The van der Waals surface area contributed by atoms with Crippen molar-refractivity contribution in [3.05, 3.63) is 18.2 Å². The minimum absolute atomic E-state index is 0.0360. The summed E-state index contributed by atoms with van der Waals surface area (Å²) in [5, 5.41) is 63.3. The number of alkyl halides is 1. The van der Waals surface area contributed by atoms with Crippen molar-refractivity contribution in [3.63, 3.8) is 0 Å². The molecule has 19 nitrogen and oxygen atoms in total. The number of nitrogen functional groups attached to an aromatic ring is 1. The average Bonchev–Trinajstić information content (AvgIpc) is 3.46. The standard InChI is InChI=1S/C19H26FN5O14P2S/c1-2-19(20)14(31)9(36-15(19)7-3-22-17-16(21)23-6-24-25(7)17)5-35-41(34,42)39-40(32,33)38-18-12(30)10(28)11(29)13(37-18)8(27)4-26/h1,3,6,8-15,18,26-31H,4-5H2,(H,32,33)(H,34,42)(H2,21,23,24)/t8-,9+,10?,11?,12?,13?,14+,15-,18?,19+,41?/m0/s1. The maximum Gasteiger partial charge on any atom is 0.481 e. The molecule has 12 atom stereocenters. The number of aliphatic hydroxyl groups is 6. The van der Waals surface area contributed by atoms with Crippen LogP contribution in [-0.2, 0) is 39.2 Å². The monoisotopic (exact) mass is 661 g/mol. The van der Waals surface area contributed by atoms with Gasteiger partial charge in [0.25, 0.3) is 0 Å². The molecule has 7 unspecified atom stereocenters. The lowest BCUT2D eigenvalue weighted by molar-refractivity contribution is -0.292. The smallest absolute Gasteiger partial charge is 0.394 e. The lowest BCUT2D eigenvalue weighted by Crippen LogP contribution is -2.61. The molecule has 42 heavy (non-hydrogen) atoms. The maximum atomic E-state index is 15.8. The van der Waals surface area contributed by atoms with Crippen molar-refractivity contribution >= 4 is 37.8 Å². The summed E-state index contributed by atoms with van der Waals surface area (Å²) in [5.74, 6) is 1.76. The molecule has 0 aromatic carbocycles. The van der Waals surface area contributed by atoms with Gasteiger partial charge in [0.05, 0.1) is 25.1 Å². The van der Waals surface area contributed by atoms with Gasteiger partial charge in [0.1, 0.15) is 55.2 Å². The summed E-state index contributed by atoms with van der Waals surface area (Å²) in [6, 6.07) is 0. The Morgan fingerprint density at radius 1 is 1.24 bits per heavy atom. The van der Waals surface area contributed by atoms with E-state index in [4.69, 9.17) is 31.3 Å². The second kappa shape index (κ2) is 12.3. The molecule has 10 N–H and O–H groups in total. The Labute approximate surface area is 240 Å². The molecule has 0 amide bonds. The first-order valence-corrected chi connectivity index (χ1v) is 15.8. The summed E-state index contributed by atoms with van der Waals surface area (Å²) in [7, 11) is -5.52. The zero-order chi connectivity index (χ0) is 31.2. The fourth-order valence-electron chi connectivity index (χ4n) is 4.24. The minimum Gasteiger partial charge on any atom is -0.394 e. The molecule has 2 aromatic rings. The number of phosphoric ester groups is 1. The van der Waals surface area contributed by atoms with E-state index in [2.05, 4.69) is 35.7 Å². The van der Waals surface area contributed by atoms with Gasteiger partial charge in [-0.25, -0.2) is 27.7 Å². The third kappa shape index (κ3) is 6.36. The highest BCUT2D eigenvalue weighted by Gasteiger charge is 2.58. The zero-order valence-corrected chi connectivity index (χ0v) is 23.5. The molecule has 0 saturated carbocycles. The number of imidazole rings is 1. The van der Waals surface area contributed by atoms with Crippen LogP contribution < -0.4 is 5.73 Å². The first kappa shape index (κ1) is 33.1. The van der Waals surface area contributed by atoms with E-state index >= 15 is 4.39 Å². The van der Waals surface area contributed by atoms with Crippen molar-refractivity contribution in [1.82, 2.24) is 19.6 Å². The van der Waals surface area contributed by atoms with Crippen LogP contribution in [0.4, 0.5) is 10.2 Å². The number of ether oxygens (including phenoxy) is 2. The van der Waals surface area contributed by atoms with E-state index < -0.39 is 88.5 Å². The lowest BCUT2D eigenvalue weighted by atomic mass is 9.92. The van der Waals surface area contributed by atoms with E-state index in [9.17, 15) is 39.9 Å². The van der Waals surface area contributed by atoms with Gasteiger partial charge in [0.2, 0.25) is 5.67 Å². The van der Waals surface area contributed by atoms with Gasteiger partial charge in [-0.2, -0.15) is 5.10 Å².